The van der Waals surface area contributed by atoms with E-state index in [1.54, 1.807) is 11.3 Å². The van der Waals surface area contributed by atoms with Crippen LogP contribution in [0.3, 0.4) is 0 Å². The quantitative estimate of drug-likeness (QED) is 0.388. The predicted octanol–water partition coefficient (Wildman–Crippen LogP) is 3.23. The van der Waals surface area contributed by atoms with Crippen molar-refractivity contribution in [2.75, 3.05) is 10.7 Å². The molecular weight excluding hydrogens is 290 g/mol. The van der Waals surface area contributed by atoms with E-state index in [0.717, 1.165) is 11.1 Å². The van der Waals surface area contributed by atoms with Gasteiger partial charge in [-0.25, -0.2) is 10.8 Å². The summed E-state index contributed by atoms with van der Waals surface area (Å²) < 4.78 is 1.18. The number of fused-ring (bicyclic) bond motifs is 1. The van der Waals surface area contributed by atoms with Crippen molar-refractivity contribution in [2.24, 2.45) is 5.84 Å². The second kappa shape index (κ2) is 5.35. The van der Waals surface area contributed by atoms with Crippen molar-refractivity contribution in [1.29, 1.82) is 0 Å². The van der Waals surface area contributed by atoms with Gasteiger partial charge in [-0.15, -0.1) is 11.3 Å². The summed E-state index contributed by atoms with van der Waals surface area (Å²) in [7, 11) is 0. The van der Waals surface area contributed by atoms with Crippen molar-refractivity contribution in [2.45, 2.75) is 0 Å². The molecule has 0 saturated carbocycles. The van der Waals surface area contributed by atoms with Gasteiger partial charge in [-0.05, 0) is 35.0 Å². The minimum absolute atomic E-state index is 0.0861. The minimum Gasteiger partial charge on any atom is -0.340 e. The lowest BCUT2D eigenvalue weighted by Crippen LogP contribution is -2.10. The summed E-state index contributed by atoms with van der Waals surface area (Å²) in [6.07, 6.45) is 0. The average Bonchev–Trinajstić information content (AvgIpc) is 2.94. The Bertz CT molecular complexity index is 817. The molecule has 2 aromatic heterocycles. The number of hydrogen-bond donors (Lipinski definition) is 3. The zero-order valence-electron chi connectivity index (χ0n) is 10.7. The lowest BCUT2D eigenvalue weighted by molar-refractivity contribution is -0.384. The van der Waals surface area contributed by atoms with Crippen LogP contribution in [0, 0.1) is 10.1 Å². The largest absolute Gasteiger partial charge is 0.340 e. The first-order valence-corrected chi connectivity index (χ1v) is 6.91. The van der Waals surface area contributed by atoms with Crippen molar-refractivity contribution in [3.8, 4) is 0 Å². The van der Waals surface area contributed by atoms with Gasteiger partial charge in [0.05, 0.1) is 17.1 Å². The fourth-order valence-electron chi connectivity index (χ4n) is 1.95. The molecule has 0 aliphatic heterocycles. The number of hydrogen-bond acceptors (Lipinski definition) is 7. The Balaban J connectivity index is 1.96. The normalized spacial score (nSPS) is 10.5. The highest BCUT2D eigenvalue weighted by atomic mass is 32.1. The molecule has 21 heavy (non-hydrogen) atoms. The number of nitrogen functional groups attached to an aromatic ring is 1. The molecule has 0 atom stereocenters. The lowest BCUT2D eigenvalue weighted by Gasteiger charge is -2.07. The topological polar surface area (TPSA) is 106 Å². The summed E-state index contributed by atoms with van der Waals surface area (Å²) in [5, 5.41) is 17.1. The van der Waals surface area contributed by atoms with Crippen LogP contribution >= 0.6 is 11.3 Å². The second-order valence-electron chi connectivity index (χ2n) is 4.30. The van der Waals surface area contributed by atoms with E-state index in [9.17, 15) is 10.1 Å². The molecule has 106 valence electrons. The van der Waals surface area contributed by atoms with Gasteiger partial charge in [0, 0.05) is 10.4 Å². The highest BCUT2D eigenvalue weighted by Gasteiger charge is 2.11. The van der Waals surface area contributed by atoms with Crippen LogP contribution < -0.4 is 16.6 Å². The van der Waals surface area contributed by atoms with Crippen molar-refractivity contribution >= 4 is 44.4 Å². The minimum atomic E-state index is -0.490. The molecule has 1 aromatic carbocycles. The molecule has 0 aliphatic carbocycles. The third-order valence-corrected chi connectivity index (χ3v) is 3.79. The van der Waals surface area contributed by atoms with Crippen LogP contribution in [0.2, 0.25) is 0 Å². The first-order valence-electron chi connectivity index (χ1n) is 6.03. The van der Waals surface area contributed by atoms with Gasteiger partial charge in [0.25, 0.3) is 5.69 Å². The molecule has 0 aliphatic rings. The summed E-state index contributed by atoms with van der Waals surface area (Å²) in [5.41, 5.74) is 3.04. The van der Waals surface area contributed by atoms with Crippen LogP contribution in [-0.2, 0) is 0 Å². The molecule has 8 heteroatoms. The third kappa shape index (κ3) is 2.76. The number of rotatable bonds is 4. The van der Waals surface area contributed by atoms with E-state index in [4.69, 9.17) is 5.84 Å². The fourth-order valence-corrected chi connectivity index (χ4v) is 2.72. The molecule has 2 heterocycles. The zero-order valence-corrected chi connectivity index (χ0v) is 11.6. The first-order chi connectivity index (χ1) is 10.2. The highest BCUT2D eigenvalue weighted by molar-refractivity contribution is 7.17. The Labute approximate surface area is 123 Å². The third-order valence-electron chi connectivity index (χ3n) is 2.89. The maximum Gasteiger partial charge on any atom is 0.276 e. The number of hydrazine groups is 1. The summed E-state index contributed by atoms with van der Waals surface area (Å²) in [5.74, 6) is 5.86. The van der Waals surface area contributed by atoms with Gasteiger partial charge in [-0.1, -0.05) is 0 Å². The predicted molar refractivity (Wildman–Crippen MR) is 83.8 cm³/mol. The first kappa shape index (κ1) is 13.3. The molecule has 0 fully saturated rings. The number of benzene rings is 1. The molecule has 4 N–H and O–H groups in total. The van der Waals surface area contributed by atoms with Gasteiger partial charge in [0.15, 0.2) is 0 Å². The van der Waals surface area contributed by atoms with Crippen LogP contribution in [0.15, 0.2) is 41.8 Å². The molecule has 3 rings (SSSR count). The van der Waals surface area contributed by atoms with Crippen LogP contribution in [-0.4, -0.2) is 9.91 Å². The number of aromatic nitrogens is 1. The number of nitrogens with zero attached hydrogens (tertiary/aromatic N) is 2. The number of pyridine rings is 1. The Hall–Kier alpha value is -2.71. The summed E-state index contributed by atoms with van der Waals surface area (Å²) in [6.45, 7) is 0. The van der Waals surface area contributed by atoms with Crippen molar-refractivity contribution in [3.63, 3.8) is 0 Å². The van der Waals surface area contributed by atoms with E-state index >= 15 is 0 Å². The summed E-state index contributed by atoms with van der Waals surface area (Å²) >= 11 is 1.66. The SMILES string of the molecule is NNc1cc([N+](=O)[O-])cc(Nc2ccc3sccc3c2)n1. The van der Waals surface area contributed by atoms with Gasteiger partial charge in [-0.3, -0.25) is 10.1 Å². The second-order valence-corrected chi connectivity index (χ2v) is 5.24. The van der Waals surface area contributed by atoms with Gasteiger partial charge in [0.2, 0.25) is 0 Å². The number of thiophene rings is 1. The van der Waals surface area contributed by atoms with E-state index in [0.29, 0.717) is 5.82 Å². The van der Waals surface area contributed by atoms with Crippen molar-refractivity contribution < 1.29 is 4.92 Å². The maximum absolute atomic E-state index is 10.9. The van der Waals surface area contributed by atoms with E-state index in [1.165, 1.54) is 16.8 Å². The highest BCUT2D eigenvalue weighted by Crippen LogP contribution is 2.27. The molecule has 0 spiro atoms. The molecule has 0 bridgehead atoms. The monoisotopic (exact) mass is 301 g/mol. The van der Waals surface area contributed by atoms with E-state index in [2.05, 4.69) is 15.7 Å². The van der Waals surface area contributed by atoms with Crippen molar-refractivity contribution in [3.05, 3.63) is 51.9 Å². The molecule has 3 aromatic rings. The Morgan fingerprint density at radius 3 is 2.76 bits per heavy atom. The molecule has 0 unspecified atom stereocenters. The van der Waals surface area contributed by atoms with Crippen LogP contribution in [0.5, 0.6) is 0 Å². The molecular formula is C13H11N5O2S. The number of nitrogens with two attached hydrogens (primary N) is 1. The number of nitrogens with one attached hydrogen (secondary N) is 2. The average molecular weight is 301 g/mol. The molecule has 0 amide bonds. The summed E-state index contributed by atoms with van der Waals surface area (Å²) in [6, 6.07) is 10.5. The van der Waals surface area contributed by atoms with Gasteiger partial charge >= 0.3 is 0 Å². The molecule has 0 radical (unpaired) electrons. The Kier molecular flexibility index (Phi) is 3.38. The van der Waals surface area contributed by atoms with E-state index in [-0.39, 0.29) is 11.5 Å². The summed E-state index contributed by atoms with van der Waals surface area (Å²) in [4.78, 5) is 14.6. The van der Waals surface area contributed by atoms with Gasteiger partial charge in [0.1, 0.15) is 11.6 Å². The Morgan fingerprint density at radius 1 is 1.19 bits per heavy atom. The van der Waals surface area contributed by atoms with Gasteiger partial charge < -0.3 is 10.7 Å². The maximum atomic E-state index is 10.9. The van der Waals surface area contributed by atoms with Crippen LogP contribution in [0.1, 0.15) is 0 Å². The molecule has 0 saturated heterocycles. The lowest BCUT2D eigenvalue weighted by atomic mass is 10.2. The number of anilines is 3. The van der Waals surface area contributed by atoms with Crippen molar-refractivity contribution in [1.82, 2.24) is 4.98 Å². The van der Waals surface area contributed by atoms with E-state index < -0.39 is 4.92 Å². The van der Waals surface area contributed by atoms with Crippen LogP contribution in [0.25, 0.3) is 10.1 Å². The Morgan fingerprint density at radius 2 is 2.00 bits per heavy atom. The van der Waals surface area contributed by atoms with Gasteiger partial charge in [-0.2, -0.15) is 0 Å². The standard InChI is InChI=1S/C13H11N5O2S/c14-17-13-7-10(18(19)20)6-12(16-13)15-9-1-2-11-8(5-9)3-4-21-11/h1-7H,14H2,(H2,15,16,17). The zero-order chi connectivity index (χ0) is 14.8. The van der Waals surface area contributed by atoms with Crippen LogP contribution in [0.4, 0.5) is 23.0 Å². The fraction of sp³-hybridized carbons (Fsp3) is 0. The molecule has 7 nitrogen and oxygen atoms in total. The number of nitro groups is 1. The smallest absolute Gasteiger partial charge is 0.276 e. The van der Waals surface area contributed by atoms with E-state index in [1.807, 2.05) is 29.6 Å².